The summed E-state index contributed by atoms with van der Waals surface area (Å²) in [7, 11) is 0. The first-order valence-electron chi connectivity index (χ1n) is 7.53. The molecular weight excluding hydrogens is 256 g/mol. The lowest BCUT2D eigenvalue weighted by molar-refractivity contribution is -0.109. The van der Waals surface area contributed by atoms with Crippen molar-refractivity contribution in [1.29, 1.82) is 0 Å². The van der Waals surface area contributed by atoms with E-state index in [0.29, 0.717) is 5.92 Å². The van der Waals surface area contributed by atoms with E-state index in [1.165, 1.54) is 11.1 Å². The lowest BCUT2D eigenvalue weighted by Crippen LogP contribution is -2.08. The van der Waals surface area contributed by atoms with E-state index in [1.807, 2.05) is 24.3 Å². The quantitative estimate of drug-likeness (QED) is 0.550. The van der Waals surface area contributed by atoms with Crippen LogP contribution in [0.3, 0.4) is 0 Å². The van der Waals surface area contributed by atoms with E-state index in [1.54, 1.807) is 6.08 Å². The standard InChI is InChI=1S/C20H20O/c1-14(2)16-9-7-15(8-10-16)13-19-18-6-4-3-5-17(18)11-12-20(19)21/h3-7,11-13,16H,1,8-10H2,2H3/b19-13+. The minimum atomic E-state index is 0.108. The van der Waals surface area contributed by atoms with Gasteiger partial charge in [-0.25, -0.2) is 0 Å². The average Bonchev–Trinajstić information content (AvgIpc) is 2.51. The molecule has 1 heteroatoms. The maximum atomic E-state index is 12.2. The summed E-state index contributed by atoms with van der Waals surface area (Å²) in [5, 5.41) is 0. The van der Waals surface area contributed by atoms with Gasteiger partial charge in [0, 0.05) is 5.57 Å². The van der Waals surface area contributed by atoms with Gasteiger partial charge in [0.05, 0.1) is 0 Å². The minimum absolute atomic E-state index is 0.108. The lowest BCUT2D eigenvalue weighted by atomic mass is 9.83. The first-order valence-corrected chi connectivity index (χ1v) is 7.53. The number of hydrogen-bond acceptors (Lipinski definition) is 1. The fraction of sp³-hybridized carbons (Fsp3) is 0.250. The molecular formula is C20H20O. The van der Waals surface area contributed by atoms with Crippen LogP contribution in [0.1, 0.15) is 37.3 Å². The van der Waals surface area contributed by atoms with Crippen LogP contribution in [0.2, 0.25) is 0 Å². The zero-order valence-electron chi connectivity index (χ0n) is 12.4. The highest BCUT2D eigenvalue weighted by Gasteiger charge is 2.19. The Labute approximate surface area is 126 Å². The number of carbonyl (C=O) groups excluding carboxylic acids is 1. The molecule has 0 heterocycles. The molecule has 1 nitrogen and oxygen atoms in total. The Hall–Kier alpha value is -2.15. The number of rotatable bonds is 2. The molecule has 2 aliphatic rings. The Kier molecular flexibility index (Phi) is 3.74. The summed E-state index contributed by atoms with van der Waals surface area (Å²) in [6, 6.07) is 8.08. The van der Waals surface area contributed by atoms with Crippen LogP contribution in [0.5, 0.6) is 0 Å². The van der Waals surface area contributed by atoms with E-state index in [0.717, 1.165) is 36.0 Å². The van der Waals surface area contributed by atoms with E-state index in [-0.39, 0.29) is 5.78 Å². The van der Waals surface area contributed by atoms with Crippen LogP contribution in [-0.4, -0.2) is 5.78 Å². The molecule has 106 valence electrons. The van der Waals surface area contributed by atoms with Gasteiger partial charge in [-0.15, -0.1) is 0 Å². The molecule has 0 bridgehead atoms. The first-order chi connectivity index (χ1) is 10.1. The van der Waals surface area contributed by atoms with Crippen LogP contribution in [0.4, 0.5) is 0 Å². The fourth-order valence-electron chi connectivity index (χ4n) is 3.04. The Bertz CT molecular complexity index is 686. The monoisotopic (exact) mass is 276 g/mol. The van der Waals surface area contributed by atoms with Gasteiger partial charge in [-0.1, -0.05) is 54.1 Å². The number of fused-ring (bicyclic) bond motifs is 1. The smallest absolute Gasteiger partial charge is 0.186 e. The van der Waals surface area contributed by atoms with Crippen molar-refractivity contribution in [2.24, 2.45) is 5.92 Å². The average molecular weight is 276 g/mol. The topological polar surface area (TPSA) is 17.1 Å². The third kappa shape index (κ3) is 2.82. The van der Waals surface area contributed by atoms with Crippen molar-refractivity contribution in [3.05, 3.63) is 71.3 Å². The van der Waals surface area contributed by atoms with E-state index in [9.17, 15) is 4.79 Å². The van der Waals surface area contributed by atoms with Gasteiger partial charge in [0.1, 0.15) is 0 Å². The zero-order chi connectivity index (χ0) is 14.8. The summed E-state index contributed by atoms with van der Waals surface area (Å²) in [6.07, 6.45) is 11.1. The minimum Gasteiger partial charge on any atom is -0.289 e. The van der Waals surface area contributed by atoms with Crippen LogP contribution in [-0.2, 0) is 4.79 Å². The van der Waals surface area contributed by atoms with E-state index in [2.05, 4.69) is 31.7 Å². The molecule has 0 spiro atoms. The molecule has 0 radical (unpaired) electrons. The molecule has 3 rings (SSSR count). The molecule has 0 fully saturated rings. The molecule has 1 atom stereocenters. The Morgan fingerprint density at radius 3 is 2.81 bits per heavy atom. The number of benzene rings is 1. The predicted octanol–water partition coefficient (Wildman–Crippen LogP) is 4.97. The van der Waals surface area contributed by atoms with Crippen molar-refractivity contribution < 1.29 is 4.79 Å². The SMILES string of the molecule is C=C(C)C1CC=C(/C=C2/C(=O)C=Cc3ccccc32)CC1. The van der Waals surface area contributed by atoms with Gasteiger partial charge in [0.2, 0.25) is 0 Å². The Morgan fingerprint density at radius 2 is 2.10 bits per heavy atom. The molecule has 0 saturated carbocycles. The summed E-state index contributed by atoms with van der Waals surface area (Å²) in [6.45, 7) is 6.16. The van der Waals surface area contributed by atoms with Gasteiger partial charge >= 0.3 is 0 Å². The largest absolute Gasteiger partial charge is 0.289 e. The zero-order valence-corrected chi connectivity index (χ0v) is 12.4. The van der Waals surface area contributed by atoms with E-state index < -0.39 is 0 Å². The maximum absolute atomic E-state index is 12.2. The second-order valence-corrected chi connectivity index (χ2v) is 5.94. The van der Waals surface area contributed by atoms with Crippen LogP contribution in [0, 0.1) is 5.92 Å². The molecule has 1 aromatic rings. The summed E-state index contributed by atoms with van der Waals surface area (Å²) < 4.78 is 0. The highest BCUT2D eigenvalue weighted by Crippen LogP contribution is 2.32. The summed E-state index contributed by atoms with van der Waals surface area (Å²) in [4.78, 5) is 12.2. The summed E-state index contributed by atoms with van der Waals surface area (Å²) in [5.41, 5.74) is 5.54. The van der Waals surface area contributed by atoms with Crippen LogP contribution in [0.15, 0.2) is 60.2 Å². The second-order valence-electron chi connectivity index (χ2n) is 5.94. The van der Waals surface area contributed by atoms with Gasteiger partial charge in [-0.05, 0) is 55.4 Å². The molecule has 21 heavy (non-hydrogen) atoms. The van der Waals surface area contributed by atoms with Gasteiger partial charge in [0.25, 0.3) is 0 Å². The van der Waals surface area contributed by atoms with Gasteiger partial charge in [-0.3, -0.25) is 4.79 Å². The van der Waals surface area contributed by atoms with Gasteiger partial charge in [0.15, 0.2) is 5.78 Å². The molecule has 2 aliphatic carbocycles. The first kappa shape index (κ1) is 13.8. The molecule has 0 aromatic heterocycles. The number of hydrogen-bond donors (Lipinski definition) is 0. The van der Waals surface area contributed by atoms with Crippen molar-refractivity contribution in [3.8, 4) is 0 Å². The van der Waals surface area contributed by atoms with Gasteiger partial charge in [-0.2, -0.15) is 0 Å². The number of carbonyl (C=O) groups is 1. The third-order valence-corrected chi connectivity index (χ3v) is 4.40. The Balaban J connectivity index is 1.91. The second kappa shape index (κ2) is 5.69. The van der Waals surface area contributed by atoms with E-state index in [4.69, 9.17) is 0 Å². The van der Waals surface area contributed by atoms with Crippen molar-refractivity contribution >= 4 is 17.4 Å². The summed E-state index contributed by atoms with van der Waals surface area (Å²) >= 11 is 0. The highest BCUT2D eigenvalue weighted by atomic mass is 16.1. The number of allylic oxidation sites excluding steroid dienone is 6. The third-order valence-electron chi connectivity index (χ3n) is 4.40. The fourth-order valence-corrected chi connectivity index (χ4v) is 3.04. The highest BCUT2D eigenvalue weighted by molar-refractivity contribution is 6.30. The maximum Gasteiger partial charge on any atom is 0.186 e. The molecule has 0 aliphatic heterocycles. The van der Waals surface area contributed by atoms with E-state index >= 15 is 0 Å². The van der Waals surface area contributed by atoms with Crippen molar-refractivity contribution in [2.75, 3.05) is 0 Å². The molecule has 0 saturated heterocycles. The van der Waals surface area contributed by atoms with Crippen molar-refractivity contribution in [1.82, 2.24) is 0 Å². The molecule has 1 aromatic carbocycles. The predicted molar refractivity (Wildman–Crippen MR) is 88.7 cm³/mol. The van der Waals surface area contributed by atoms with Crippen molar-refractivity contribution in [3.63, 3.8) is 0 Å². The van der Waals surface area contributed by atoms with Crippen LogP contribution in [0.25, 0.3) is 11.6 Å². The lowest BCUT2D eigenvalue weighted by Gasteiger charge is -2.21. The van der Waals surface area contributed by atoms with Crippen LogP contribution >= 0.6 is 0 Å². The van der Waals surface area contributed by atoms with Crippen molar-refractivity contribution in [2.45, 2.75) is 26.2 Å². The number of ketones is 1. The Morgan fingerprint density at radius 1 is 1.29 bits per heavy atom. The van der Waals surface area contributed by atoms with Crippen LogP contribution < -0.4 is 0 Å². The normalized spacial score (nSPS) is 22.9. The summed E-state index contributed by atoms with van der Waals surface area (Å²) in [5.74, 6) is 0.706. The molecule has 0 amide bonds. The van der Waals surface area contributed by atoms with Gasteiger partial charge < -0.3 is 0 Å². The molecule has 1 unspecified atom stereocenters. The molecule has 0 N–H and O–H groups in total.